The fraction of sp³-hybridized carbons (Fsp3) is 0.143. The lowest BCUT2D eigenvalue weighted by Crippen LogP contribution is -2.14. The molecule has 0 saturated carbocycles. The number of carbonyl (C=O) groups excluding carboxylic acids is 2. The predicted octanol–water partition coefficient (Wildman–Crippen LogP) is 5.03. The summed E-state index contributed by atoms with van der Waals surface area (Å²) in [6.07, 6.45) is 2.98. The minimum absolute atomic E-state index is 0.107. The average Bonchev–Trinajstić information content (AvgIpc) is 2.97. The number of ether oxygens (including phenoxy) is 3. The second-order valence-electron chi connectivity index (χ2n) is 5.95. The molecular formula is C21H16Cl2O5. The number of allylic oxidation sites excluding steroid dienone is 1. The summed E-state index contributed by atoms with van der Waals surface area (Å²) < 4.78 is 16.0. The number of benzene rings is 2. The summed E-state index contributed by atoms with van der Waals surface area (Å²) in [5.74, 6) is 0.0329. The highest BCUT2D eigenvalue weighted by molar-refractivity contribution is 6.37. The van der Waals surface area contributed by atoms with Gasteiger partial charge in [0.15, 0.2) is 12.4 Å². The average molecular weight is 419 g/mol. The van der Waals surface area contributed by atoms with Crippen LogP contribution >= 0.6 is 23.2 Å². The standard InChI is InChI=1S/C21H16Cl2O5/c1-3-7-26-19(24)11-27-13-8-12(2)20-17(9-13)28-18(21(20)25)10-14-15(22)5-4-6-16(14)23/h3-6,8-10H,1,7,11H2,2H3/b18-10-. The van der Waals surface area contributed by atoms with Crippen LogP contribution in [0.3, 0.4) is 0 Å². The fourth-order valence-electron chi connectivity index (χ4n) is 2.68. The Morgan fingerprint density at radius 1 is 1.25 bits per heavy atom. The molecule has 144 valence electrons. The first-order chi connectivity index (χ1) is 13.4. The minimum Gasteiger partial charge on any atom is -0.482 e. The van der Waals surface area contributed by atoms with Gasteiger partial charge in [-0.3, -0.25) is 4.79 Å². The van der Waals surface area contributed by atoms with Crippen molar-refractivity contribution in [2.45, 2.75) is 6.92 Å². The molecule has 1 heterocycles. The summed E-state index contributed by atoms with van der Waals surface area (Å²) >= 11 is 12.3. The van der Waals surface area contributed by atoms with Crippen LogP contribution in [0, 0.1) is 6.92 Å². The van der Waals surface area contributed by atoms with E-state index in [1.807, 2.05) is 0 Å². The molecule has 1 aliphatic heterocycles. The zero-order valence-corrected chi connectivity index (χ0v) is 16.5. The van der Waals surface area contributed by atoms with Crippen molar-refractivity contribution < 1.29 is 23.8 Å². The van der Waals surface area contributed by atoms with Crippen LogP contribution in [-0.4, -0.2) is 25.0 Å². The SMILES string of the molecule is C=CCOC(=O)COc1cc(C)c2c(c1)O/C(=C\c1c(Cl)cccc1Cl)C2=O. The maximum Gasteiger partial charge on any atom is 0.344 e. The monoisotopic (exact) mass is 418 g/mol. The van der Waals surface area contributed by atoms with Crippen molar-refractivity contribution in [1.82, 2.24) is 0 Å². The quantitative estimate of drug-likeness (QED) is 0.374. The highest BCUT2D eigenvalue weighted by Crippen LogP contribution is 2.38. The first-order valence-electron chi connectivity index (χ1n) is 8.33. The smallest absolute Gasteiger partial charge is 0.344 e. The van der Waals surface area contributed by atoms with E-state index in [-0.39, 0.29) is 24.8 Å². The topological polar surface area (TPSA) is 61.8 Å². The van der Waals surface area contributed by atoms with E-state index < -0.39 is 5.97 Å². The molecule has 0 unspecified atom stereocenters. The minimum atomic E-state index is -0.524. The normalized spacial score (nSPS) is 13.8. The van der Waals surface area contributed by atoms with E-state index in [1.54, 1.807) is 37.3 Å². The third-order valence-corrected chi connectivity index (χ3v) is 4.60. The third-order valence-electron chi connectivity index (χ3n) is 3.94. The highest BCUT2D eigenvalue weighted by Gasteiger charge is 2.30. The fourth-order valence-corrected chi connectivity index (χ4v) is 3.18. The van der Waals surface area contributed by atoms with Crippen LogP contribution in [0.2, 0.25) is 10.0 Å². The van der Waals surface area contributed by atoms with Crippen molar-refractivity contribution >= 4 is 41.0 Å². The van der Waals surface area contributed by atoms with Crippen LogP contribution in [0.5, 0.6) is 11.5 Å². The Morgan fingerprint density at radius 2 is 1.96 bits per heavy atom. The second-order valence-corrected chi connectivity index (χ2v) is 6.76. The van der Waals surface area contributed by atoms with Gasteiger partial charge in [0.2, 0.25) is 5.78 Å². The molecule has 28 heavy (non-hydrogen) atoms. The zero-order valence-electron chi connectivity index (χ0n) is 15.0. The Morgan fingerprint density at radius 3 is 2.64 bits per heavy atom. The number of esters is 1. The molecule has 0 radical (unpaired) electrons. The summed E-state index contributed by atoms with van der Waals surface area (Å²) in [5.41, 5.74) is 1.59. The lowest BCUT2D eigenvalue weighted by Gasteiger charge is -2.08. The predicted molar refractivity (Wildman–Crippen MR) is 107 cm³/mol. The van der Waals surface area contributed by atoms with Crippen molar-refractivity contribution in [3.8, 4) is 11.5 Å². The summed E-state index contributed by atoms with van der Waals surface area (Å²) in [6.45, 7) is 5.07. The number of aryl methyl sites for hydroxylation is 1. The van der Waals surface area contributed by atoms with E-state index >= 15 is 0 Å². The van der Waals surface area contributed by atoms with E-state index in [9.17, 15) is 9.59 Å². The van der Waals surface area contributed by atoms with Crippen molar-refractivity contribution in [2.24, 2.45) is 0 Å². The number of carbonyl (C=O) groups is 2. The molecular weight excluding hydrogens is 403 g/mol. The van der Waals surface area contributed by atoms with Crippen LogP contribution in [0.4, 0.5) is 0 Å². The van der Waals surface area contributed by atoms with Gasteiger partial charge < -0.3 is 14.2 Å². The van der Waals surface area contributed by atoms with Crippen molar-refractivity contribution in [1.29, 1.82) is 0 Å². The molecule has 1 aliphatic rings. The van der Waals surface area contributed by atoms with Gasteiger partial charge in [-0.25, -0.2) is 4.79 Å². The lowest BCUT2D eigenvalue weighted by molar-refractivity contribution is -0.144. The molecule has 3 rings (SSSR count). The molecule has 0 aromatic heterocycles. The molecule has 0 N–H and O–H groups in total. The van der Waals surface area contributed by atoms with Gasteiger partial charge in [-0.2, -0.15) is 0 Å². The first kappa shape index (κ1) is 20.0. The lowest BCUT2D eigenvalue weighted by atomic mass is 10.0. The first-order valence-corrected chi connectivity index (χ1v) is 9.08. The van der Waals surface area contributed by atoms with Crippen LogP contribution in [0.1, 0.15) is 21.5 Å². The highest BCUT2D eigenvalue weighted by atomic mass is 35.5. The van der Waals surface area contributed by atoms with Gasteiger partial charge >= 0.3 is 5.97 Å². The summed E-state index contributed by atoms with van der Waals surface area (Å²) in [7, 11) is 0. The Labute approximate surface area is 172 Å². The molecule has 0 saturated heterocycles. The Kier molecular flexibility index (Phi) is 6.07. The summed E-state index contributed by atoms with van der Waals surface area (Å²) in [4.78, 5) is 24.3. The molecule has 2 aromatic carbocycles. The van der Waals surface area contributed by atoms with E-state index in [0.717, 1.165) is 0 Å². The second kappa shape index (κ2) is 8.50. The maximum absolute atomic E-state index is 12.7. The van der Waals surface area contributed by atoms with E-state index in [4.69, 9.17) is 37.4 Å². The molecule has 0 fully saturated rings. The number of ketones is 1. The van der Waals surface area contributed by atoms with Crippen LogP contribution in [0.25, 0.3) is 6.08 Å². The number of Topliss-reactive ketones (excluding diaryl/α,β-unsaturated/α-hetero) is 1. The van der Waals surface area contributed by atoms with Gasteiger partial charge in [0.25, 0.3) is 0 Å². The van der Waals surface area contributed by atoms with Crippen LogP contribution in [-0.2, 0) is 9.53 Å². The number of rotatable bonds is 6. The van der Waals surface area contributed by atoms with Gasteiger partial charge in [-0.05, 0) is 36.8 Å². The van der Waals surface area contributed by atoms with Gasteiger partial charge in [0, 0.05) is 21.7 Å². The molecule has 7 heteroatoms. The Balaban J connectivity index is 1.83. The molecule has 0 atom stereocenters. The molecule has 0 spiro atoms. The molecule has 5 nitrogen and oxygen atoms in total. The summed E-state index contributed by atoms with van der Waals surface area (Å²) in [5, 5.41) is 0.817. The number of halogens is 2. The Bertz CT molecular complexity index is 974. The van der Waals surface area contributed by atoms with Crippen molar-refractivity contribution in [2.75, 3.05) is 13.2 Å². The van der Waals surface area contributed by atoms with Crippen molar-refractivity contribution in [3.05, 3.63) is 75.5 Å². The van der Waals surface area contributed by atoms with Gasteiger partial charge in [0.05, 0.1) is 5.56 Å². The van der Waals surface area contributed by atoms with Gasteiger partial charge in [0.1, 0.15) is 18.1 Å². The third kappa shape index (κ3) is 4.21. The largest absolute Gasteiger partial charge is 0.482 e. The van der Waals surface area contributed by atoms with Gasteiger partial charge in [-0.1, -0.05) is 41.9 Å². The van der Waals surface area contributed by atoms with Gasteiger partial charge in [-0.15, -0.1) is 0 Å². The molecule has 2 aromatic rings. The summed E-state index contributed by atoms with van der Waals surface area (Å²) in [6, 6.07) is 8.28. The molecule has 0 bridgehead atoms. The number of hydrogen-bond acceptors (Lipinski definition) is 5. The van der Waals surface area contributed by atoms with Crippen molar-refractivity contribution in [3.63, 3.8) is 0 Å². The van der Waals surface area contributed by atoms with E-state index in [0.29, 0.717) is 38.2 Å². The maximum atomic E-state index is 12.7. The van der Waals surface area contributed by atoms with Crippen LogP contribution in [0.15, 0.2) is 48.7 Å². The zero-order chi connectivity index (χ0) is 20.3. The Hall–Kier alpha value is -2.76. The molecule has 0 aliphatic carbocycles. The number of fused-ring (bicyclic) bond motifs is 1. The molecule has 0 amide bonds. The van der Waals surface area contributed by atoms with E-state index in [1.165, 1.54) is 12.2 Å². The van der Waals surface area contributed by atoms with Crippen LogP contribution < -0.4 is 9.47 Å². The number of hydrogen-bond donors (Lipinski definition) is 0. The van der Waals surface area contributed by atoms with E-state index in [2.05, 4.69) is 6.58 Å².